The summed E-state index contributed by atoms with van der Waals surface area (Å²) in [5, 5.41) is 11.0. The highest BCUT2D eigenvalue weighted by Gasteiger charge is 2.20. The number of hydrogen-bond acceptors (Lipinski definition) is 4. The van der Waals surface area contributed by atoms with E-state index in [9.17, 15) is 13.9 Å². The molecule has 5 rings (SSSR count). The SMILES string of the molecule is CCc1ccc(Cc2nc3c(Cc4cccc(F)c4F)nc(-c4ccccc4)cn3c2O)o1. The van der Waals surface area contributed by atoms with Crippen molar-refractivity contribution in [1.29, 1.82) is 0 Å². The van der Waals surface area contributed by atoms with Crippen LogP contribution in [0, 0.1) is 11.6 Å². The van der Waals surface area contributed by atoms with Crippen molar-refractivity contribution in [3.8, 4) is 17.1 Å². The number of aromatic nitrogens is 3. The van der Waals surface area contributed by atoms with E-state index in [2.05, 4.69) is 4.98 Å². The molecule has 0 saturated heterocycles. The number of imidazole rings is 1. The Morgan fingerprint density at radius 3 is 2.42 bits per heavy atom. The van der Waals surface area contributed by atoms with Crippen molar-refractivity contribution in [3.63, 3.8) is 0 Å². The molecule has 0 bridgehead atoms. The molecule has 3 heterocycles. The topological polar surface area (TPSA) is 63.6 Å². The second-order valence-electron chi connectivity index (χ2n) is 7.80. The van der Waals surface area contributed by atoms with Crippen LogP contribution in [-0.2, 0) is 19.3 Å². The summed E-state index contributed by atoms with van der Waals surface area (Å²) in [6.07, 6.45) is 2.78. The van der Waals surface area contributed by atoms with Crippen LogP contribution in [0.25, 0.3) is 16.9 Å². The maximum absolute atomic E-state index is 14.4. The van der Waals surface area contributed by atoms with Gasteiger partial charge in [-0.1, -0.05) is 49.4 Å². The van der Waals surface area contributed by atoms with Gasteiger partial charge in [-0.05, 0) is 23.8 Å². The molecular weight excluding hydrogens is 424 g/mol. The zero-order chi connectivity index (χ0) is 22.9. The summed E-state index contributed by atoms with van der Waals surface area (Å²) in [6, 6.07) is 17.3. The lowest BCUT2D eigenvalue weighted by atomic mass is 10.1. The van der Waals surface area contributed by atoms with E-state index in [4.69, 9.17) is 9.40 Å². The van der Waals surface area contributed by atoms with Crippen molar-refractivity contribution in [2.45, 2.75) is 26.2 Å². The summed E-state index contributed by atoms with van der Waals surface area (Å²) >= 11 is 0. The molecule has 0 aliphatic carbocycles. The molecule has 0 aliphatic heterocycles. The van der Waals surface area contributed by atoms with Crippen molar-refractivity contribution in [2.75, 3.05) is 0 Å². The first-order valence-corrected chi connectivity index (χ1v) is 10.7. The lowest BCUT2D eigenvalue weighted by Gasteiger charge is -2.09. The second kappa shape index (κ2) is 8.50. The highest BCUT2D eigenvalue weighted by molar-refractivity contribution is 5.63. The van der Waals surface area contributed by atoms with Gasteiger partial charge in [-0.3, -0.25) is 4.40 Å². The molecule has 0 spiro atoms. The number of aromatic hydroxyl groups is 1. The molecule has 0 fully saturated rings. The van der Waals surface area contributed by atoms with Gasteiger partial charge in [0.25, 0.3) is 0 Å². The van der Waals surface area contributed by atoms with Crippen molar-refractivity contribution in [2.24, 2.45) is 0 Å². The van der Waals surface area contributed by atoms with Gasteiger partial charge >= 0.3 is 0 Å². The van der Waals surface area contributed by atoms with Crippen LogP contribution in [-0.4, -0.2) is 19.5 Å². The van der Waals surface area contributed by atoms with E-state index in [1.54, 1.807) is 10.6 Å². The Bertz CT molecular complexity index is 1440. The Morgan fingerprint density at radius 2 is 1.67 bits per heavy atom. The van der Waals surface area contributed by atoms with Gasteiger partial charge in [0.2, 0.25) is 5.88 Å². The summed E-state index contributed by atoms with van der Waals surface area (Å²) in [4.78, 5) is 9.31. The molecule has 0 radical (unpaired) electrons. The molecule has 2 aromatic carbocycles. The summed E-state index contributed by atoms with van der Waals surface area (Å²) in [5.74, 6) is -0.344. The van der Waals surface area contributed by atoms with Crippen LogP contribution >= 0.6 is 0 Å². The summed E-state index contributed by atoms with van der Waals surface area (Å²) < 4.78 is 35.6. The quantitative estimate of drug-likeness (QED) is 0.363. The third-order valence-corrected chi connectivity index (χ3v) is 5.59. The van der Waals surface area contributed by atoms with Crippen LogP contribution in [0.4, 0.5) is 8.78 Å². The minimum atomic E-state index is -0.917. The third-order valence-electron chi connectivity index (χ3n) is 5.59. The zero-order valence-electron chi connectivity index (χ0n) is 17.9. The number of benzene rings is 2. The van der Waals surface area contributed by atoms with Crippen molar-refractivity contribution in [3.05, 3.63) is 107 Å². The standard InChI is InChI=1S/C26H21F2N3O2/c1-2-18-11-12-19(33-18)14-22-26(32)31-15-23(16-7-4-3-5-8-16)29-21(25(31)30-22)13-17-9-6-10-20(27)24(17)28/h3-12,15,32H,2,13-14H2,1H3. The van der Waals surface area contributed by atoms with Crippen molar-refractivity contribution in [1.82, 2.24) is 14.4 Å². The van der Waals surface area contributed by atoms with Crippen LogP contribution in [0.15, 0.2) is 71.3 Å². The first-order chi connectivity index (χ1) is 16.0. The van der Waals surface area contributed by atoms with Gasteiger partial charge < -0.3 is 9.52 Å². The molecule has 0 unspecified atom stereocenters. The van der Waals surface area contributed by atoms with Gasteiger partial charge in [-0.15, -0.1) is 0 Å². The molecule has 0 aliphatic rings. The smallest absolute Gasteiger partial charge is 0.219 e. The molecule has 166 valence electrons. The lowest BCUT2D eigenvalue weighted by Crippen LogP contribution is -2.03. The normalized spacial score (nSPS) is 11.4. The van der Waals surface area contributed by atoms with E-state index >= 15 is 0 Å². The molecule has 0 atom stereocenters. The number of fused-ring (bicyclic) bond motifs is 1. The first-order valence-electron chi connectivity index (χ1n) is 10.7. The number of rotatable bonds is 6. The number of halogens is 2. The van der Waals surface area contributed by atoms with Crippen LogP contribution in [0.3, 0.4) is 0 Å². The molecule has 33 heavy (non-hydrogen) atoms. The van der Waals surface area contributed by atoms with Crippen LogP contribution in [0.1, 0.15) is 35.4 Å². The average molecular weight is 445 g/mol. The monoisotopic (exact) mass is 445 g/mol. The molecule has 0 amide bonds. The van der Waals surface area contributed by atoms with Crippen LogP contribution in [0.5, 0.6) is 5.88 Å². The fourth-order valence-corrected chi connectivity index (χ4v) is 3.87. The van der Waals surface area contributed by atoms with Gasteiger partial charge in [0, 0.05) is 24.6 Å². The number of furan rings is 1. The largest absolute Gasteiger partial charge is 0.493 e. The van der Waals surface area contributed by atoms with Gasteiger partial charge in [-0.25, -0.2) is 18.7 Å². The fourth-order valence-electron chi connectivity index (χ4n) is 3.87. The van der Waals surface area contributed by atoms with E-state index < -0.39 is 11.6 Å². The van der Waals surface area contributed by atoms with Crippen molar-refractivity contribution < 1.29 is 18.3 Å². The Balaban J connectivity index is 1.65. The first kappa shape index (κ1) is 20.9. The van der Waals surface area contributed by atoms with E-state index in [-0.39, 0.29) is 17.9 Å². The van der Waals surface area contributed by atoms with Crippen molar-refractivity contribution >= 4 is 5.65 Å². The van der Waals surface area contributed by atoms with Crippen LogP contribution < -0.4 is 0 Å². The number of aryl methyl sites for hydroxylation is 1. The predicted molar refractivity (Wildman–Crippen MR) is 120 cm³/mol. The molecule has 1 N–H and O–H groups in total. The summed E-state index contributed by atoms with van der Waals surface area (Å²) in [6.45, 7) is 2.00. The Labute approximate surface area is 189 Å². The van der Waals surface area contributed by atoms with Gasteiger partial charge in [0.1, 0.15) is 17.2 Å². The molecular formula is C26H21F2N3O2. The summed E-state index contributed by atoms with van der Waals surface area (Å²) in [5.41, 5.74) is 2.80. The van der Waals surface area contributed by atoms with E-state index in [0.717, 1.165) is 23.8 Å². The van der Waals surface area contributed by atoms with Crippen LogP contribution in [0.2, 0.25) is 0 Å². The highest BCUT2D eigenvalue weighted by atomic mass is 19.2. The Hall–Kier alpha value is -4.00. The summed E-state index contributed by atoms with van der Waals surface area (Å²) in [7, 11) is 0. The Kier molecular flexibility index (Phi) is 5.38. The van der Waals surface area contributed by atoms with E-state index in [0.29, 0.717) is 34.9 Å². The number of hydrogen-bond donors (Lipinski definition) is 1. The fraction of sp³-hybridized carbons (Fsp3) is 0.154. The molecule has 3 aromatic heterocycles. The average Bonchev–Trinajstić information content (AvgIpc) is 3.42. The second-order valence-corrected chi connectivity index (χ2v) is 7.80. The minimum Gasteiger partial charge on any atom is -0.493 e. The maximum Gasteiger partial charge on any atom is 0.219 e. The van der Waals surface area contributed by atoms with E-state index in [1.807, 2.05) is 49.4 Å². The molecule has 5 nitrogen and oxygen atoms in total. The highest BCUT2D eigenvalue weighted by Crippen LogP contribution is 2.29. The van der Waals surface area contributed by atoms with Gasteiger partial charge in [-0.2, -0.15) is 0 Å². The number of nitrogens with zero attached hydrogens (tertiary/aromatic N) is 3. The van der Waals surface area contributed by atoms with Gasteiger partial charge in [0.15, 0.2) is 17.3 Å². The van der Waals surface area contributed by atoms with Gasteiger partial charge in [0.05, 0.1) is 17.8 Å². The molecule has 0 saturated carbocycles. The lowest BCUT2D eigenvalue weighted by molar-refractivity contribution is 0.435. The van der Waals surface area contributed by atoms with E-state index in [1.165, 1.54) is 12.1 Å². The third kappa shape index (κ3) is 3.98. The molecule has 5 aromatic rings. The zero-order valence-corrected chi connectivity index (χ0v) is 17.9. The molecule has 7 heteroatoms. The Morgan fingerprint density at radius 1 is 0.879 bits per heavy atom. The minimum absolute atomic E-state index is 0.0182. The predicted octanol–water partition coefficient (Wildman–Crippen LogP) is 5.72. The maximum atomic E-state index is 14.4.